The van der Waals surface area contributed by atoms with Crippen LogP contribution >= 0.6 is 0 Å². The summed E-state index contributed by atoms with van der Waals surface area (Å²) in [6.45, 7) is 1.24. The van der Waals surface area contributed by atoms with Crippen molar-refractivity contribution in [3.63, 3.8) is 0 Å². The van der Waals surface area contributed by atoms with E-state index in [4.69, 9.17) is 4.74 Å². The van der Waals surface area contributed by atoms with E-state index in [1.54, 1.807) is 0 Å². The van der Waals surface area contributed by atoms with Gasteiger partial charge in [0.25, 0.3) is 0 Å². The fourth-order valence-corrected chi connectivity index (χ4v) is 2.92. The zero-order valence-electron chi connectivity index (χ0n) is 9.15. The maximum atomic E-state index is 11.7. The molecule has 3 fully saturated rings. The molecule has 2 atom stereocenters. The van der Waals surface area contributed by atoms with Gasteiger partial charge in [0.2, 0.25) is 5.91 Å². The lowest BCUT2D eigenvalue weighted by Gasteiger charge is -2.26. The Bertz CT molecular complexity index is 321. The van der Waals surface area contributed by atoms with Crippen LogP contribution in [0.4, 0.5) is 4.79 Å². The minimum atomic E-state index is -0.311. The van der Waals surface area contributed by atoms with Crippen molar-refractivity contribution < 1.29 is 14.3 Å². The average molecular weight is 224 g/mol. The van der Waals surface area contributed by atoms with Crippen LogP contribution in [0.2, 0.25) is 0 Å². The molecular weight excluding hydrogens is 208 g/mol. The first kappa shape index (κ1) is 9.93. The molecule has 0 aromatic carbocycles. The lowest BCUT2D eigenvalue weighted by molar-refractivity contribution is -0.123. The van der Waals surface area contributed by atoms with Gasteiger partial charge in [0, 0.05) is 24.9 Å². The number of hydrogen-bond acceptors (Lipinski definition) is 3. The molecule has 1 aliphatic heterocycles. The molecule has 5 heteroatoms. The fraction of sp³-hybridized carbons (Fsp3) is 0.818. The standard InChI is InChI=1S/C11H16N2O3/c14-9-6-13(5-4-12-9)11(15)16-10-7-2-1-3-8(7)10/h7-8,10H,1-6H2,(H,12,14). The summed E-state index contributed by atoms with van der Waals surface area (Å²) in [5.74, 6) is 1.13. The smallest absolute Gasteiger partial charge is 0.410 e. The molecule has 0 radical (unpaired) electrons. The van der Waals surface area contributed by atoms with E-state index in [0.29, 0.717) is 24.9 Å². The summed E-state index contributed by atoms with van der Waals surface area (Å²) >= 11 is 0. The largest absolute Gasteiger partial charge is 0.445 e. The van der Waals surface area contributed by atoms with Gasteiger partial charge >= 0.3 is 6.09 Å². The highest BCUT2D eigenvalue weighted by Crippen LogP contribution is 2.53. The zero-order chi connectivity index (χ0) is 11.1. The number of carbonyl (C=O) groups excluding carboxylic acids is 2. The van der Waals surface area contributed by atoms with Crippen LogP contribution in [0.15, 0.2) is 0 Å². The Hall–Kier alpha value is -1.26. The summed E-state index contributed by atoms with van der Waals surface area (Å²) in [5, 5.41) is 2.69. The lowest BCUT2D eigenvalue weighted by Crippen LogP contribution is -2.50. The summed E-state index contributed by atoms with van der Waals surface area (Å²) in [4.78, 5) is 24.4. The van der Waals surface area contributed by atoms with E-state index in [2.05, 4.69) is 5.32 Å². The van der Waals surface area contributed by atoms with Gasteiger partial charge in [0.05, 0.1) is 0 Å². The third-order valence-electron chi connectivity index (χ3n) is 3.86. The van der Waals surface area contributed by atoms with Gasteiger partial charge in [0.15, 0.2) is 0 Å². The third kappa shape index (κ3) is 1.64. The highest BCUT2D eigenvalue weighted by atomic mass is 16.6. The summed E-state index contributed by atoms with van der Waals surface area (Å²) < 4.78 is 5.42. The first-order chi connectivity index (χ1) is 7.75. The van der Waals surface area contributed by atoms with E-state index in [9.17, 15) is 9.59 Å². The van der Waals surface area contributed by atoms with Crippen LogP contribution < -0.4 is 5.32 Å². The number of fused-ring (bicyclic) bond motifs is 1. The number of amides is 2. The SMILES string of the molecule is O=C1CN(C(=O)OC2C3CCCC32)CCN1. The molecule has 2 saturated carbocycles. The Morgan fingerprint density at radius 1 is 1.38 bits per heavy atom. The van der Waals surface area contributed by atoms with Crippen molar-refractivity contribution in [2.45, 2.75) is 25.4 Å². The zero-order valence-corrected chi connectivity index (χ0v) is 9.15. The molecule has 88 valence electrons. The molecule has 3 aliphatic rings. The molecule has 2 amide bonds. The normalized spacial score (nSPS) is 36.6. The van der Waals surface area contributed by atoms with Crippen molar-refractivity contribution in [2.24, 2.45) is 11.8 Å². The summed E-state index contributed by atoms with van der Waals surface area (Å²) in [6.07, 6.45) is 3.50. The van der Waals surface area contributed by atoms with Crippen molar-refractivity contribution in [3.8, 4) is 0 Å². The molecule has 0 aromatic rings. The fourth-order valence-electron chi connectivity index (χ4n) is 2.92. The number of rotatable bonds is 1. The monoisotopic (exact) mass is 224 g/mol. The average Bonchev–Trinajstić information content (AvgIpc) is 2.74. The molecule has 5 nitrogen and oxygen atoms in total. The van der Waals surface area contributed by atoms with Crippen LogP contribution in [0.5, 0.6) is 0 Å². The van der Waals surface area contributed by atoms with Crippen LogP contribution in [0.25, 0.3) is 0 Å². The van der Waals surface area contributed by atoms with Gasteiger partial charge in [0.1, 0.15) is 12.6 Å². The van der Waals surface area contributed by atoms with Gasteiger partial charge < -0.3 is 10.1 Å². The van der Waals surface area contributed by atoms with Gasteiger partial charge in [-0.05, 0) is 12.8 Å². The minimum Gasteiger partial charge on any atom is -0.445 e. The highest BCUT2D eigenvalue weighted by molar-refractivity contribution is 5.83. The summed E-state index contributed by atoms with van der Waals surface area (Å²) in [7, 11) is 0. The molecular formula is C11H16N2O3. The predicted molar refractivity (Wildman–Crippen MR) is 55.7 cm³/mol. The number of nitrogens with one attached hydrogen (secondary N) is 1. The van der Waals surface area contributed by atoms with E-state index in [1.165, 1.54) is 24.2 Å². The van der Waals surface area contributed by atoms with Gasteiger partial charge in [-0.2, -0.15) is 0 Å². The minimum absolute atomic E-state index is 0.0980. The van der Waals surface area contributed by atoms with E-state index in [-0.39, 0.29) is 24.6 Å². The van der Waals surface area contributed by atoms with Gasteiger partial charge in [-0.1, -0.05) is 6.42 Å². The second-order valence-corrected chi connectivity index (χ2v) is 4.88. The molecule has 1 N–H and O–H groups in total. The van der Waals surface area contributed by atoms with Crippen molar-refractivity contribution in [1.29, 1.82) is 0 Å². The molecule has 0 bridgehead atoms. The van der Waals surface area contributed by atoms with Crippen molar-refractivity contribution >= 4 is 12.0 Å². The lowest BCUT2D eigenvalue weighted by atomic mass is 10.2. The van der Waals surface area contributed by atoms with Crippen molar-refractivity contribution in [2.75, 3.05) is 19.6 Å². The Morgan fingerprint density at radius 3 is 2.81 bits per heavy atom. The van der Waals surface area contributed by atoms with Crippen LogP contribution in [0.3, 0.4) is 0 Å². The topological polar surface area (TPSA) is 58.6 Å². The second kappa shape index (κ2) is 3.64. The van der Waals surface area contributed by atoms with Crippen LogP contribution in [-0.2, 0) is 9.53 Å². The first-order valence-electron chi connectivity index (χ1n) is 5.98. The van der Waals surface area contributed by atoms with Crippen molar-refractivity contribution in [3.05, 3.63) is 0 Å². The van der Waals surface area contributed by atoms with Crippen LogP contribution in [0, 0.1) is 11.8 Å². The van der Waals surface area contributed by atoms with Crippen LogP contribution in [0.1, 0.15) is 19.3 Å². The molecule has 3 rings (SSSR count). The number of ether oxygens (including phenoxy) is 1. The van der Waals surface area contributed by atoms with Crippen LogP contribution in [-0.4, -0.2) is 42.6 Å². The second-order valence-electron chi connectivity index (χ2n) is 4.88. The quantitative estimate of drug-likeness (QED) is 0.699. The highest BCUT2D eigenvalue weighted by Gasteiger charge is 2.55. The van der Waals surface area contributed by atoms with E-state index >= 15 is 0 Å². The Kier molecular flexibility index (Phi) is 2.26. The molecule has 0 aromatic heterocycles. The molecule has 2 aliphatic carbocycles. The predicted octanol–water partition coefficient (Wildman–Crippen LogP) is 0.353. The third-order valence-corrected chi connectivity index (χ3v) is 3.86. The Morgan fingerprint density at radius 2 is 2.12 bits per heavy atom. The van der Waals surface area contributed by atoms with E-state index < -0.39 is 0 Å². The summed E-state index contributed by atoms with van der Waals surface area (Å²) in [6, 6.07) is 0. The van der Waals surface area contributed by atoms with Gasteiger partial charge in [-0.25, -0.2) is 4.79 Å². The van der Waals surface area contributed by atoms with E-state index in [1.807, 2.05) is 0 Å². The Labute approximate surface area is 94.1 Å². The first-order valence-corrected chi connectivity index (χ1v) is 5.98. The van der Waals surface area contributed by atoms with Crippen molar-refractivity contribution in [1.82, 2.24) is 10.2 Å². The molecule has 0 spiro atoms. The number of nitrogens with zero attached hydrogens (tertiary/aromatic N) is 1. The molecule has 2 unspecified atom stereocenters. The number of carbonyl (C=O) groups is 2. The maximum absolute atomic E-state index is 11.7. The molecule has 1 heterocycles. The summed E-state index contributed by atoms with van der Waals surface area (Å²) in [5.41, 5.74) is 0. The molecule has 16 heavy (non-hydrogen) atoms. The van der Waals surface area contributed by atoms with E-state index in [0.717, 1.165) is 0 Å². The van der Waals surface area contributed by atoms with Gasteiger partial charge in [-0.3, -0.25) is 9.69 Å². The molecule has 1 saturated heterocycles. The Balaban J connectivity index is 1.51. The maximum Gasteiger partial charge on any atom is 0.410 e. The number of hydrogen-bond donors (Lipinski definition) is 1. The van der Waals surface area contributed by atoms with Gasteiger partial charge in [-0.15, -0.1) is 0 Å². The number of piperazine rings is 1.